The van der Waals surface area contributed by atoms with E-state index in [1.165, 1.54) is 39.4 Å². The van der Waals surface area contributed by atoms with E-state index in [0.29, 0.717) is 5.92 Å². The Labute approximate surface area is 113 Å². The van der Waals surface area contributed by atoms with Gasteiger partial charge in [-0.15, -0.1) is 30.2 Å². The highest BCUT2D eigenvalue weighted by Gasteiger charge is 2.42. The van der Waals surface area contributed by atoms with Gasteiger partial charge in [-0.2, -0.15) is 0 Å². The van der Waals surface area contributed by atoms with Gasteiger partial charge in [0.05, 0.1) is 11.1 Å². The summed E-state index contributed by atoms with van der Waals surface area (Å²) >= 11 is 0. The van der Waals surface area contributed by atoms with Crippen LogP contribution in [-0.4, -0.2) is 0 Å². The van der Waals surface area contributed by atoms with Crippen LogP contribution in [0.3, 0.4) is 0 Å². The minimum absolute atomic E-state index is 0.442. The third kappa shape index (κ3) is 1.09. The van der Waals surface area contributed by atoms with Crippen molar-refractivity contribution in [3.8, 4) is 0 Å². The molecule has 0 N–H and O–H groups in total. The van der Waals surface area contributed by atoms with E-state index in [-0.39, 0.29) is 0 Å². The van der Waals surface area contributed by atoms with E-state index in [1.54, 1.807) is 0 Å². The zero-order valence-corrected chi connectivity index (χ0v) is 10.4. The Hall–Kier alpha value is -2.34. The van der Waals surface area contributed by atoms with Gasteiger partial charge >= 0.3 is 0 Å². The van der Waals surface area contributed by atoms with Gasteiger partial charge in [-0.05, 0) is 17.7 Å². The molecule has 5 aliphatic carbocycles. The molecular formula is C19H12. The quantitative estimate of drug-likeness (QED) is 0.559. The summed E-state index contributed by atoms with van der Waals surface area (Å²) in [7, 11) is 0. The van der Waals surface area contributed by atoms with Crippen molar-refractivity contribution in [2.24, 2.45) is 5.92 Å². The van der Waals surface area contributed by atoms with Crippen molar-refractivity contribution >= 4 is 0 Å². The maximum Gasteiger partial charge on any atom is 0.0765 e. The van der Waals surface area contributed by atoms with E-state index in [0.717, 1.165) is 0 Å². The molecule has 0 spiro atoms. The van der Waals surface area contributed by atoms with Gasteiger partial charge in [0.15, 0.2) is 0 Å². The Balaban J connectivity index is 1.87. The first-order chi connectivity index (χ1) is 9.42. The number of rotatable bonds is 0. The van der Waals surface area contributed by atoms with Crippen molar-refractivity contribution in [2.75, 3.05) is 0 Å². The lowest BCUT2D eigenvalue weighted by Crippen LogP contribution is -2.30. The van der Waals surface area contributed by atoms with E-state index in [1.807, 2.05) is 0 Å². The Morgan fingerprint density at radius 3 is 2.95 bits per heavy atom. The number of allylic oxidation sites excluding steroid dienone is 16. The van der Waals surface area contributed by atoms with Gasteiger partial charge < -0.3 is 0 Å². The summed E-state index contributed by atoms with van der Waals surface area (Å²) in [5, 5.41) is 0. The molecular weight excluding hydrogens is 228 g/mol. The van der Waals surface area contributed by atoms with Crippen molar-refractivity contribution in [3.05, 3.63) is 107 Å². The fourth-order valence-electron chi connectivity index (χ4n) is 3.68. The zero-order chi connectivity index (χ0) is 12.4. The molecule has 0 amide bonds. The molecule has 0 nitrogen and oxygen atoms in total. The van der Waals surface area contributed by atoms with Crippen LogP contribution in [0.2, 0.25) is 0 Å². The maximum atomic E-state index is 2.34. The van der Waals surface area contributed by atoms with Crippen LogP contribution in [0.5, 0.6) is 0 Å². The van der Waals surface area contributed by atoms with Crippen molar-refractivity contribution < 1.29 is 0 Å². The molecule has 19 heavy (non-hydrogen) atoms. The second-order valence-electron chi connectivity index (χ2n) is 5.44. The van der Waals surface area contributed by atoms with Gasteiger partial charge in [-0.25, -0.2) is 0 Å². The van der Waals surface area contributed by atoms with Crippen molar-refractivity contribution in [3.63, 3.8) is 0 Å². The Bertz CT molecular complexity index is 739. The van der Waals surface area contributed by atoms with Gasteiger partial charge in [0.1, 0.15) is 0 Å². The monoisotopic (exact) mass is 240 g/mol. The minimum atomic E-state index is 0.442. The highest BCUT2D eigenvalue weighted by atomic mass is 14.4. The first-order valence-corrected chi connectivity index (χ1v) is 6.75. The molecule has 0 aromatic heterocycles. The average molecular weight is 240 g/mol. The predicted octanol–water partition coefficient (Wildman–Crippen LogP) is 4.12. The maximum absolute atomic E-state index is 2.34. The number of hydrogen-bond acceptors (Lipinski definition) is 0. The Kier molecular flexibility index (Phi) is 1.59. The summed E-state index contributed by atoms with van der Waals surface area (Å²) in [6.07, 6.45) is 24.6. The normalized spacial score (nSPS) is 28.2. The van der Waals surface area contributed by atoms with Gasteiger partial charge in [-0.3, -0.25) is 0 Å². The topological polar surface area (TPSA) is 0 Å². The standard InChI is InChI=1S/C19H12/c1-3-12-7-9-14-10-8-13-4-2-6-16-11-15(5-1)17(12)19(14)18(13)16/h1-11,19H. The van der Waals surface area contributed by atoms with E-state index >= 15 is 0 Å². The van der Waals surface area contributed by atoms with Crippen LogP contribution in [0.25, 0.3) is 0 Å². The highest BCUT2D eigenvalue weighted by molar-refractivity contribution is 5.76. The van der Waals surface area contributed by atoms with Crippen molar-refractivity contribution in [1.29, 1.82) is 0 Å². The van der Waals surface area contributed by atoms with E-state index in [4.69, 9.17) is 0 Å². The highest BCUT2D eigenvalue weighted by Crippen LogP contribution is 2.54. The summed E-state index contributed by atoms with van der Waals surface area (Å²) in [6.45, 7) is 0. The summed E-state index contributed by atoms with van der Waals surface area (Å²) in [5.41, 5.74) is 8.42. The van der Waals surface area contributed by atoms with Gasteiger partial charge in [0.25, 0.3) is 0 Å². The molecule has 0 bridgehead atoms. The summed E-state index contributed by atoms with van der Waals surface area (Å²) in [5.74, 6) is 1.93. The summed E-state index contributed by atoms with van der Waals surface area (Å²) in [4.78, 5) is 0. The number of hydrogen-bond donors (Lipinski definition) is 0. The molecule has 0 saturated heterocycles. The van der Waals surface area contributed by atoms with E-state index in [9.17, 15) is 0 Å². The lowest BCUT2D eigenvalue weighted by molar-refractivity contribution is 0.753. The molecule has 0 aromatic carbocycles. The van der Waals surface area contributed by atoms with Crippen LogP contribution in [0, 0.1) is 18.3 Å². The third-order valence-corrected chi connectivity index (χ3v) is 4.48. The summed E-state index contributed by atoms with van der Waals surface area (Å²) in [6, 6.07) is 0. The molecule has 0 fully saturated rings. The van der Waals surface area contributed by atoms with Crippen LogP contribution in [0.15, 0.2) is 94.2 Å². The Morgan fingerprint density at radius 2 is 1.95 bits per heavy atom. The predicted molar refractivity (Wildman–Crippen MR) is 77.8 cm³/mol. The zero-order valence-electron chi connectivity index (χ0n) is 10.4. The SMILES string of the molecule is C1=CC2=CC=C3C=CC4=C5C(=CC(=C1)[C+]2C35)C=C[CH-]4. The smallest absolute Gasteiger partial charge is 0.0765 e. The van der Waals surface area contributed by atoms with Crippen molar-refractivity contribution in [1.82, 2.24) is 0 Å². The fraction of sp³-hybridized carbons (Fsp3) is 0.0526. The van der Waals surface area contributed by atoms with Crippen LogP contribution in [0.4, 0.5) is 0 Å². The minimum Gasteiger partial charge on any atom is -0.144 e. The molecule has 0 aromatic rings. The van der Waals surface area contributed by atoms with Gasteiger partial charge in [0, 0.05) is 36.1 Å². The first-order valence-electron chi connectivity index (χ1n) is 6.75. The molecule has 5 aliphatic rings. The molecule has 88 valence electrons. The Morgan fingerprint density at radius 1 is 0.947 bits per heavy atom. The van der Waals surface area contributed by atoms with Gasteiger partial charge in [-0.1, -0.05) is 17.2 Å². The molecule has 0 saturated carbocycles. The molecule has 0 heteroatoms. The fourth-order valence-corrected chi connectivity index (χ4v) is 3.68. The lowest BCUT2D eigenvalue weighted by Gasteiger charge is -2.43. The van der Waals surface area contributed by atoms with Crippen LogP contribution < -0.4 is 0 Å². The van der Waals surface area contributed by atoms with Gasteiger partial charge in [0.2, 0.25) is 0 Å². The summed E-state index contributed by atoms with van der Waals surface area (Å²) < 4.78 is 0. The first kappa shape index (κ1) is 9.57. The lowest BCUT2D eigenvalue weighted by atomic mass is 9.60. The molecule has 1 atom stereocenters. The largest absolute Gasteiger partial charge is 0.144 e. The average Bonchev–Trinajstić information content (AvgIpc) is 2.47. The van der Waals surface area contributed by atoms with E-state index in [2.05, 4.69) is 67.2 Å². The molecule has 0 aliphatic heterocycles. The molecule has 1 unspecified atom stereocenters. The van der Waals surface area contributed by atoms with E-state index < -0.39 is 0 Å². The molecule has 5 rings (SSSR count). The molecule has 0 heterocycles. The van der Waals surface area contributed by atoms with Crippen molar-refractivity contribution in [2.45, 2.75) is 0 Å². The van der Waals surface area contributed by atoms with Crippen LogP contribution in [-0.2, 0) is 0 Å². The molecule has 0 radical (unpaired) electrons. The second kappa shape index (κ2) is 3.16. The second-order valence-corrected chi connectivity index (χ2v) is 5.44. The van der Waals surface area contributed by atoms with Crippen LogP contribution >= 0.6 is 0 Å². The van der Waals surface area contributed by atoms with Crippen LogP contribution in [0.1, 0.15) is 0 Å². The third-order valence-electron chi connectivity index (χ3n) is 4.48.